The van der Waals surface area contributed by atoms with Crippen molar-refractivity contribution < 1.29 is 0 Å². The minimum atomic E-state index is 0.659. The Morgan fingerprint density at radius 3 is 2.66 bits per heavy atom. The van der Waals surface area contributed by atoms with E-state index in [2.05, 4.69) is 52.6 Å². The Morgan fingerprint density at radius 2 is 1.76 bits per heavy atom. The molecule has 1 aliphatic rings. The third-order valence-corrected chi connectivity index (χ3v) is 7.37. The molecule has 0 bridgehead atoms. The van der Waals surface area contributed by atoms with Crippen LogP contribution < -0.4 is 5.32 Å². The maximum atomic E-state index is 4.91. The monoisotopic (exact) mass is 501 g/mol. The number of pyridine rings is 4. The SMILES string of the molecule is c1cncc(-c2cncc3[nH]c(-c4n[nH]c5ncc(-c6cncc(CNCC7CCCC7)c6)cc45)nc23)c1. The van der Waals surface area contributed by atoms with Crippen LogP contribution in [0.4, 0.5) is 0 Å². The molecule has 0 aromatic carbocycles. The lowest BCUT2D eigenvalue weighted by molar-refractivity contribution is 0.489. The van der Waals surface area contributed by atoms with E-state index in [-0.39, 0.29) is 0 Å². The number of rotatable bonds is 7. The molecule has 9 nitrogen and oxygen atoms in total. The van der Waals surface area contributed by atoms with Crippen LogP contribution in [0.2, 0.25) is 0 Å². The second kappa shape index (κ2) is 9.75. The van der Waals surface area contributed by atoms with Crippen molar-refractivity contribution in [1.29, 1.82) is 0 Å². The number of fused-ring (bicyclic) bond motifs is 2. The standard InChI is InChI=1S/C29H27N9/c1-2-5-18(4-1)10-31-11-19-8-21(14-32-12-19)22-9-23-27(37-38-28(23)34-15-22)29-35-25-17-33-16-24(26(25)36-29)20-6-3-7-30-13-20/h3,6-9,12-18,31H,1-2,4-5,10-11H2,(H,35,36)(H,34,37,38). The largest absolute Gasteiger partial charge is 0.335 e. The molecule has 3 N–H and O–H groups in total. The smallest absolute Gasteiger partial charge is 0.159 e. The summed E-state index contributed by atoms with van der Waals surface area (Å²) in [6.07, 6.45) is 18.3. The molecule has 1 aliphatic carbocycles. The van der Waals surface area contributed by atoms with Crippen molar-refractivity contribution in [3.8, 4) is 33.8 Å². The molecule has 1 fully saturated rings. The Kier molecular flexibility index (Phi) is 5.82. The predicted octanol–water partition coefficient (Wildman–Crippen LogP) is 5.30. The zero-order valence-corrected chi connectivity index (χ0v) is 20.9. The van der Waals surface area contributed by atoms with E-state index in [9.17, 15) is 0 Å². The normalized spacial score (nSPS) is 14.1. The highest BCUT2D eigenvalue weighted by Gasteiger charge is 2.17. The maximum Gasteiger partial charge on any atom is 0.159 e. The minimum Gasteiger partial charge on any atom is -0.335 e. The summed E-state index contributed by atoms with van der Waals surface area (Å²) in [6.45, 7) is 1.89. The predicted molar refractivity (Wildman–Crippen MR) is 147 cm³/mol. The summed E-state index contributed by atoms with van der Waals surface area (Å²) >= 11 is 0. The van der Waals surface area contributed by atoms with Gasteiger partial charge < -0.3 is 10.3 Å². The summed E-state index contributed by atoms with van der Waals surface area (Å²) in [7, 11) is 0. The second-order valence-electron chi connectivity index (χ2n) is 9.97. The van der Waals surface area contributed by atoms with Crippen molar-refractivity contribution in [2.75, 3.05) is 6.54 Å². The van der Waals surface area contributed by atoms with E-state index in [0.717, 1.165) is 57.7 Å². The summed E-state index contributed by atoms with van der Waals surface area (Å²) in [5.74, 6) is 1.47. The van der Waals surface area contributed by atoms with Gasteiger partial charge in [-0.05, 0) is 49.1 Å². The van der Waals surface area contributed by atoms with Crippen LogP contribution >= 0.6 is 0 Å². The number of nitrogens with zero attached hydrogens (tertiary/aromatic N) is 6. The van der Waals surface area contributed by atoms with Gasteiger partial charge in [-0.1, -0.05) is 18.9 Å². The molecule has 6 heterocycles. The zero-order chi connectivity index (χ0) is 25.3. The van der Waals surface area contributed by atoms with Gasteiger partial charge in [0.05, 0.1) is 17.1 Å². The van der Waals surface area contributed by atoms with Crippen LogP contribution in [0.5, 0.6) is 0 Å². The van der Waals surface area contributed by atoms with Crippen LogP contribution in [0.1, 0.15) is 31.2 Å². The number of aromatic nitrogens is 8. The van der Waals surface area contributed by atoms with E-state index < -0.39 is 0 Å². The molecular weight excluding hydrogens is 474 g/mol. The quantitative estimate of drug-likeness (QED) is 0.271. The molecule has 0 radical (unpaired) electrons. The second-order valence-corrected chi connectivity index (χ2v) is 9.97. The lowest BCUT2D eigenvalue weighted by atomic mass is 10.1. The highest BCUT2D eigenvalue weighted by Crippen LogP contribution is 2.32. The summed E-state index contributed by atoms with van der Waals surface area (Å²) in [4.78, 5) is 26.1. The summed E-state index contributed by atoms with van der Waals surface area (Å²) in [5.41, 5.74) is 8.14. The number of aromatic amines is 2. The van der Waals surface area contributed by atoms with Gasteiger partial charge in [-0.3, -0.25) is 20.1 Å². The number of H-pyrrole nitrogens is 2. The highest BCUT2D eigenvalue weighted by atomic mass is 15.2. The van der Waals surface area contributed by atoms with E-state index in [4.69, 9.17) is 4.98 Å². The summed E-state index contributed by atoms with van der Waals surface area (Å²) < 4.78 is 0. The highest BCUT2D eigenvalue weighted by molar-refractivity contribution is 5.96. The molecule has 0 saturated heterocycles. The molecule has 0 spiro atoms. The molecule has 7 rings (SSSR count). The van der Waals surface area contributed by atoms with Gasteiger partial charge in [-0.25, -0.2) is 9.97 Å². The van der Waals surface area contributed by atoms with Gasteiger partial charge in [0.15, 0.2) is 11.5 Å². The van der Waals surface area contributed by atoms with Crippen molar-refractivity contribution in [2.24, 2.45) is 5.92 Å². The Balaban J connectivity index is 1.20. The van der Waals surface area contributed by atoms with Crippen LogP contribution in [-0.2, 0) is 6.54 Å². The summed E-state index contributed by atoms with van der Waals surface area (Å²) in [5, 5.41) is 12.1. The Bertz CT molecular complexity index is 1710. The van der Waals surface area contributed by atoms with E-state index in [1.54, 1.807) is 12.4 Å². The molecule has 0 atom stereocenters. The van der Waals surface area contributed by atoms with Crippen molar-refractivity contribution in [3.63, 3.8) is 0 Å². The minimum absolute atomic E-state index is 0.659. The van der Waals surface area contributed by atoms with Gasteiger partial charge in [0.25, 0.3) is 0 Å². The third kappa shape index (κ3) is 4.31. The molecule has 188 valence electrons. The molecular formula is C29H27N9. The molecule has 9 heteroatoms. The van der Waals surface area contributed by atoms with Crippen LogP contribution in [0.3, 0.4) is 0 Å². The summed E-state index contributed by atoms with van der Waals surface area (Å²) in [6, 6.07) is 8.20. The van der Waals surface area contributed by atoms with Crippen molar-refractivity contribution >= 4 is 22.1 Å². The molecule has 1 saturated carbocycles. The van der Waals surface area contributed by atoms with Gasteiger partial charge in [-0.2, -0.15) is 5.10 Å². The van der Waals surface area contributed by atoms with Crippen LogP contribution in [0.15, 0.2) is 67.6 Å². The Labute approximate surface area is 219 Å². The number of hydrogen-bond donors (Lipinski definition) is 3. The average Bonchev–Trinajstić information content (AvgIpc) is 3.73. The van der Waals surface area contributed by atoms with Gasteiger partial charge in [0.1, 0.15) is 11.2 Å². The first-order valence-corrected chi connectivity index (χ1v) is 13.1. The van der Waals surface area contributed by atoms with Crippen molar-refractivity contribution in [3.05, 3.63) is 73.2 Å². The number of hydrogen-bond acceptors (Lipinski definition) is 7. The first-order chi connectivity index (χ1) is 18.8. The van der Waals surface area contributed by atoms with Gasteiger partial charge in [-0.15, -0.1) is 0 Å². The molecule has 0 amide bonds. The van der Waals surface area contributed by atoms with Crippen LogP contribution in [0.25, 0.3) is 55.8 Å². The third-order valence-electron chi connectivity index (χ3n) is 7.37. The maximum absolute atomic E-state index is 4.91. The van der Waals surface area contributed by atoms with E-state index in [1.807, 2.05) is 43.1 Å². The van der Waals surface area contributed by atoms with Gasteiger partial charge >= 0.3 is 0 Å². The molecule has 0 aliphatic heterocycles. The number of imidazole rings is 1. The molecule has 6 aromatic heterocycles. The fourth-order valence-corrected chi connectivity index (χ4v) is 5.40. The van der Waals surface area contributed by atoms with Crippen LogP contribution in [0, 0.1) is 5.92 Å². The zero-order valence-electron chi connectivity index (χ0n) is 20.9. The van der Waals surface area contributed by atoms with Crippen LogP contribution in [-0.4, -0.2) is 46.6 Å². The average molecular weight is 502 g/mol. The fourth-order valence-electron chi connectivity index (χ4n) is 5.40. The Hall–Kier alpha value is -4.50. The van der Waals surface area contributed by atoms with E-state index >= 15 is 0 Å². The fraction of sp³-hybridized carbons (Fsp3) is 0.241. The topological polar surface area (TPSA) is 121 Å². The lowest BCUT2D eigenvalue weighted by Gasteiger charge is -2.11. The molecule has 6 aromatic rings. The van der Waals surface area contributed by atoms with Gasteiger partial charge in [0.2, 0.25) is 0 Å². The first-order valence-electron chi connectivity index (χ1n) is 13.1. The van der Waals surface area contributed by atoms with E-state index in [1.165, 1.54) is 31.2 Å². The number of nitrogens with one attached hydrogen (secondary N) is 3. The molecule has 38 heavy (non-hydrogen) atoms. The van der Waals surface area contributed by atoms with Crippen molar-refractivity contribution in [2.45, 2.75) is 32.2 Å². The van der Waals surface area contributed by atoms with Crippen molar-refractivity contribution in [1.82, 2.24) is 45.4 Å². The van der Waals surface area contributed by atoms with E-state index in [0.29, 0.717) is 17.2 Å². The lowest BCUT2D eigenvalue weighted by Crippen LogP contribution is -2.20. The molecule has 0 unspecified atom stereocenters. The first kappa shape index (κ1) is 22.7. The Morgan fingerprint density at radius 1 is 0.895 bits per heavy atom. The van der Waals surface area contributed by atoms with Gasteiger partial charge in [0, 0.05) is 66.0 Å².